The lowest BCUT2D eigenvalue weighted by atomic mass is 10.2. The van der Waals surface area contributed by atoms with E-state index in [1.165, 1.54) is 28.4 Å². The second-order valence-electron chi connectivity index (χ2n) is 6.42. The molecule has 2 aromatic rings. The molecule has 1 aliphatic heterocycles. The number of aromatic nitrogens is 1. The number of ether oxygens (including phenoxy) is 1. The summed E-state index contributed by atoms with van der Waals surface area (Å²) in [5.41, 5.74) is 1.21. The van der Waals surface area contributed by atoms with Crippen LogP contribution in [-0.4, -0.2) is 41.2 Å². The van der Waals surface area contributed by atoms with E-state index >= 15 is 0 Å². The lowest BCUT2D eigenvalue weighted by molar-refractivity contribution is -0.120. The second kappa shape index (κ2) is 9.32. The Labute approximate surface area is 170 Å². The largest absolute Gasteiger partial charge is 0.425 e. The molecule has 154 valence electrons. The molecule has 1 atom stereocenters. The van der Waals surface area contributed by atoms with E-state index in [1.807, 2.05) is 0 Å². The van der Waals surface area contributed by atoms with E-state index in [-0.39, 0.29) is 24.8 Å². The molecule has 1 aromatic carbocycles. The minimum Gasteiger partial charge on any atom is -0.425 e. The second-order valence-corrected chi connectivity index (χ2v) is 7.27. The van der Waals surface area contributed by atoms with Crippen molar-refractivity contribution in [1.82, 2.24) is 20.5 Å². The van der Waals surface area contributed by atoms with Crippen LogP contribution in [0.25, 0.3) is 0 Å². The molecule has 1 aromatic heterocycles. The Bertz CT molecular complexity index is 906. The van der Waals surface area contributed by atoms with E-state index in [9.17, 15) is 18.8 Å². The normalized spacial score (nSPS) is 15.5. The predicted molar refractivity (Wildman–Crippen MR) is 103 cm³/mol. The first-order chi connectivity index (χ1) is 13.9. The van der Waals surface area contributed by atoms with Gasteiger partial charge in [0.15, 0.2) is 11.4 Å². The number of hydrogen-bond acceptors (Lipinski definition) is 6. The van der Waals surface area contributed by atoms with Crippen molar-refractivity contribution in [1.29, 1.82) is 0 Å². The number of rotatable bonds is 6. The first-order valence-electron chi connectivity index (χ1n) is 8.84. The Morgan fingerprint density at radius 2 is 2.28 bits per heavy atom. The van der Waals surface area contributed by atoms with Gasteiger partial charge in [0.1, 0.15) is 5.82 Å². The Kier molecular flexibility index (Phi) is 6.60. The van der Waals surface area contributed by atoms with Crippen molar-refractivity contribution in [3.8, 4) is 0 Å². The summed E-state index contributed by atoms with van der Waals surface area (Å²) in [6, 6.07) is 5.47. The van der Waals surface area contributed by atoms with Crippen molar-refractivity contribution in [2.75, 3.05) is 12.4 Å². The number of nitrogens with one attached hydrogen (secondary N) is 3. The van der Waals surface area contributed by atoms with Crippen LogP contribution in [0.15, 0.2) is 29.6 Å². The molecule has 0 spiro atoms. The van der Waals surface area contributed by atoms with E-state index in [0.29, 0.717) is 29.2 Å². The summed E-state index contributed by atoms with van der Waals surface area (Å²) in [7, 11) is 1.55. The van der Waals surface area contributed by atoms with Gasteiger partial charge in [0.2, 0.25) is 5.91 Å². The predicted octanol–water partition coefficient (Wildman–Crippen LogP) is 2.41. The number of carbonyl (C=O) groups excluding carboxylic acids is 3. The van der Waals surface area contributed by atoms with Gasteiger partial charge in [0.05, 0.1) is 12.2 Å². The zero-order chi connectivity index (χ0) is 20.8. The van der Waals surface area contributed by atoms with Crippen LogP contribution in [0.5, 0.6) is 0 Å². The summed E-state index contributed by atoms with van der Waals surface area (Å²) < 4.78 is 18.3. The molecule has 4 amide bonds. The number of nitrogens with zero attached hydrogens (tertiary/aromatic N) is 2. The summed E-state index contributed by atoms with van der Waals surface area (Å²) in [6.45, 7) is 0.358. The molecule has 11 heteroatoms. The van der Waals surface area contributed by atoms with E-state index in [0.717, 1.165) is 0 Å². The van der Waals surface area contributed by atoms with E-state index in [4.69, 9.17) is 4.74 Å². The number of amides is 4. The molecule has 0 bridgehead atoms. The van der Waals surface area contributed by atoms with Crippen LogP contribution in [0, 0.1) is 5.82 Å². The molecule has 1 fully saturated rings. The SMILES string of the molecule is CN(Cc1csc(NC(=O)NCc2cccc(F)c2)n1)C(=O)OC1CCC(=O)N1. The summed E-state index contributed by atoms with van der Waals surface area (Å²) in [6.07, 6.45) is -0.391. The lowest BCUT2D eigenvalue weighted by Crippen LogP contribution is -2.36. The number of thiazole rings is 1. The minimum absolute atomic E-state index is 0.142. The smallest absolute Gasteiger partial charge is 0.411 e. The van der Waals surface area contributed by atoms with Crippen LogP contribution in [0.1, 0.15) is 24.1 Å². The van der Waals surface area contributed by atoms with Crippen LogP contribution in [-0.2, 0) is 22.6 Å². The molecule has 3 rings (SSSR count). The Balaban J connectivity index is 1.44. The van der Waals surface area contributed by atoms with Gasteiger partial charge in [-0.1, -0.05) is 12.1 Å². The number of anilines is 1. The monoisotopic (exact) mass is 421 g/mol. The highest BCUT2D eigenvalue weighted by atomic mass is 32.1. The molecular formula is C18H20FN5O4S. The van der Waals surface area contributed by atoms with Crippen molar-refractivity contribution in [2.45, 2.75) is 32.2 Å². The average Bonchev–Trinajstić information content (AvgIpc) is 3.28. The standard InChI is InChI=1S/C18H20FN5O4S/c1-24(18(27)28-15-6-5-14(25)22-15)9-13-10-29-17(21-13)23-16(26)20-8-11-3-2-4-12(19)7-11/h2-4,7,10,15H,5-6,8-9H2,1H3,(H,22,25)(H2,20,21,23,26). The van der Waals surface area contributed by atoms with Gasteiger partial charge in [0, 0.05) is 31.8 Å². The quantitative estimate of drug-likeness (QED) is 0.663. The molecule has 0 saturated carbocycles. The molecule has 0 radical (unpaired) electrons. The molecule has 1 aliphatic rings. The first-order valence-corrected chi connectivity index (χ1v) is 9.72. The van der Waals surface area contributed by atoms with Gasteiger partial charge >= 0.3 is 12.1 Å². The molecule has 2 heterocycles. The van der Waals surface area contributed by atoms with Gasteiger partial charge < -0.3 is 20.3 Å². The van der Waals surface area contributed by atoms with Crippen molar-refractivity contribution >= 4 is 34.5 Å². The van der Waals surface area contributed by atoms with Crippen molar-refractivity contribution in [2.24, 2.45) is 0 Å². The van der Waals surface area contributed by atoms with Gasteiger partial charge in [-0.2, -0.15) is 0 Å². The fraction of sp³-hybridized carbons (Fsp3) is 0.333. The van der Waals surface area contributed by atoms with Crippen LogP contribution in [0.3, 0.4) is 0 Å². The topological polar surface area (TPSA) is 113 Å². The summed E-state index contributed by atoms with van der Waals surface area (Å²) in [4.78, 5) is 40.7. The maximum absolute atomic E-state index is 13.1. The van der Waals surface area contributed by atoms with E-state index in [1.54, 1.807) is 24.6 Å². The van der Waals surface area contributed by atoms with Gasteiger partial charge in [-0.3, -0.25) is 10.1 Å². The minimum atomic E-state index is -0.605. The van der Waals surface area contributed by atoms with Crippen LogP contribution < -0.4 is 16.0 Å². The zero-order valence-electron chi connectivity index (χ0n) is 15.6. The average molecular weight is 421 g/mol. The maximum Gasteiger partial charge on any atom is 0.411 e. The molecule has 1 unspecified atom stereocenters. The fourth-order valence-electron chi connectivity index (χ4n) is 2.60. The summed E-state index contributed by atoms with van der Waals surface area (Å²) in [5, 5.41) is 9.85. The third kappa shape index (κ3) is 6.14. The van der Waals surface area contributed by atoms with Gasteiger partial charge in [-0.05, 0) is 17.7 Å². The van der Waals surface area contributed by atoms with Gasteiger partial charge in [-0.15, -0.1) is 11.3 Å². The van der Waals surface area contributed by atoms with Crippen LogP contribution >= 0.6 is 11.3 Å². The lowest BCUT2D eigenvalue weighted by Gasteiger charge is -2.19. The van der Waals surface area contributed by atoms with Gasteiger partial charge in [0.25, 0.3) is 0 Å². The molecule has 9 nitrogen and oxygen atoms in total. The van der Waals surface area contributed by atoms with Gasteiger partial charge in [-0.25, -0.2) is 19.0 Å². The summed E-state index contributed by atoms with van der Waals surface area (Å²) in [5.74, 6) is -0.511. The Hall–Kier alpha value is -3.21. The van der Waals surface area contributed by atoms with Crippen LogP contribution in [0.2, 0.25) is 0 Å². The van der Waals surface area contributed by atoms with E-state index in [2.05, 4.69) is 20.9 Å². The third-order valence-corrected chi connectivity index (χ3v) is 4.83. The highest BCUT2D eigenvalue weighted by molar-refractivity contribution is 7.13. The number of benzene rings is 1. The van der Waals surface area contributed by atoms with Crippen molar-refractivity contribution < 1.29 is 23.5 Å². The Morgan fingerprint density at radius 1 is 1.45 bits per heavy atom. The number of urea groups is 1. The third-order valence-electron chi connectivity index (χ3n) is 4.02. The van der Waals surface area contributed by atoms with E-state index < -0.39 is 18.4 Å². The molecular weight excluding hydrogens is 401 g/mol. The molecule has 3 N–H and O–H groups in total. The number of hydrogen-bond donors (Lipinski definition) is 3. The molecule has 0 aliphatic carbocycles. The zero-order valence-corrected chi connectivity index (χ0v) is 16.4. The van der Waals surface area contributed by atoms with Crippen molar-refractivity contribution in [3.63, 3.8) is 0 Å². The number of carbonyl (C=O) groups is 3. The molecule has 29 heavy (non-hydrogen) atoms. The van der Waals surface area contributed by atoms with Crippen LogP contribution in [0.4, 0.5) is 19.1 Å². The summed E-state index contributed by atoms with van der Waals surface area (Å²) >= 11 is 1.21. The first kappa shape index (κ1) is 20.5. The molecule has 1 saturated heterocycles. The fourth-order valence-corrected chi connectivity index (χ4v) is 3.30. The number of halogens is 1. The maximum atomic E-state index is 13.1. The highest BCUT2D eigenvalue weighted by Crippen LogP contribution is 2.17. The highest BCUT2D eigenvalue weighted by Gasteiger charge is 2.25. The van der Waals surface area contributed by atoms with Crippen molar-refractivity contribution in [3.05, 3.63) is 46.7 Å². The Morgan fingerprint density at radius 3 is 3.00 bits per heavy atom.